The molecule has 0 bridgehead atoms. The van der Waals surface area contributed by atoms with E-state index in [1.807, 2.05) is 0 Å². The predicted octanol–water partition coefficient (Wildman–Crippen LogP) is -1.56. The number of carbonyl (C=O) groups is 3. The van der Waals surface area contributed by atoms with Crippen LogP contribution in [0, 0.1) is 0 Å². The first-order chi connectivity index (χ1) is 5.65. The standard InChI is InChI=1S/C7H8N2O3/c8-3-5(10)4-9-6(11)1-2-7(9)12/h1-2H,3-4,8H2. The summed E-state index contributed by atoms with van der Waals surface area (Å²) in [6, 6.07) is 0. The van der Waals surface area contributed by atoms with E-state index >= 15 is 0 Å². The van der Waals surface area contributed by atoms with E-state index in [2.05, 4.69) is 0 Å². The summed E-state index contributed by atoms with van der Waals surface area (Å²) in [5.74, 6) is -1.25. The Morgan fingerprint density at radius 2 is 1.83 bits per heavy atom. The van der Waals surface area contributed by atoms with Crippen molar-refractivity contribution in [2.75, 3.05) is 13.1 Å². The second-order valence-corrected chi connectivity index (χ2v) is 2.34. The van der Waals surface area contributed by atoms with Crippen LogP contribution in [0.2, 0.25) is 0 Å². The van der Waals surface area contributed by atoms with Crippen LogP contribution in [0.4, 0.5) is 0 Å². The van der Waals surface area contributed by atoms with Crippen LogP contribution in [0.5, 0.6) is 0 Å². The minimum atomic E-state index is -0.457. The maximum atomic E-state index is 10.9. The zero-order valence-electron chi connectivity index (χ0n) is 6.32. The second kappa shape index (κ2) is 3.27. The van der Waals surface area contributed by atoms with Gasteiger partial charge >= 0.3 is 0 Å². The number of carbonyl (C=O) groups excluding carboxylic acids is 3. The number of hydrogen-bond donors (Lipinski definition) is 1. The van der Waals surface area contributed by atoms with E-state index in [0.717, 1.165) is 17.1 Å². The fraction of sp³-hybridized carbons (Fsp3) is 0.286. The van der Waals surface area contributed by atoms with Crippen molar-refractivity contribution in [2.24, 2.45) is 5.73 Å². The van der Waals surface area contributed by atoms with Gasteiger partial charge in [-0.15, -0.1) is 0 Å². The lowest BCUT2D eigenvalue weighted by atomic mass is 10.3. The third kappa shape index (κ3) is 1.57. The molecule has 0 atom stereocenters. The Morgan fingerprint density at radius 3 is 2.25 bits per heavy atom. The normalized spacial score (nSPS) is 15.9. The molecule has 64 valence electrons. The number of ketones is 1. The molecule has 0 radical (unpaired) electrons. The zero-order valence-corrected chi connectivity index (χ0v) is 6.32. The van der Waals surface area contributed by atoms with Crippen LogP contribution in [0.15, 0.2) is 12.2 Å². The van der Waals surface area contributed by atoms with E-state index in [1.54, 1.807) is 0 Å². The van der Waals surface area contributed by atoms with Gasteiger partial charge < -0.3 is 5.73 Å². The quantitative estimate of drug-likeness (QED) is 0.517. The molecular formula is C7H8N2O3. The summed E-state index contributed by atoms with van der Waals surface area (Å²) in [5.41, 5.74) is 5.02. The van der Waals surface area contributed by atoms with Crippen LogP contribution in [0.3, 0.4) is 0 Å². The number of hydrogen-bond acceptors (Lipinski definition) is 4. The summed E-state index contributed by atoms with van der Waals surface area (Å²) >= 11 is 0. The third-order valence-electron chi connectivity index (χ3n) is 1.46. The van der Waals surface area contributed by atoms with Gasteiger partial charge in [0.15, 0.2) is 5.78 Å². The molecule has 0 fully saturated rings. The first-order valence-electron chi connectivity index (χ1n) is 3.40. The van der Waals surface area contributed by atoms with Gasteiger partial charge in [0.05, 0.1) is 13.1 Å². The monoisotopic (exact) mass is 168 g/mol. The molecule has 0 saturated heterocycles. The molecule has 0 unspecified atom stereocenters. The van der Waals surface area contributed by atoms with Gasteiger partial charge in [-0.1, -0.05) is 0 Å². The van der Waals surface area contributed by atoms with E-state index < -0.39 is 11.8 Å². The molecule has 5 nitrogen and oxygen atoms in total. The largest absolute Gasteiger partial charge is 0.324 e. The molecule has 1 aliphatic rings. The zero-order chi connectivity index (χ0) is 9.14. The van der Waals surface area contributed by atoms with Gasteiger partial charge in [0.2, 0.25) is 0 Å². The van der Waals surface area contributed by atoms with Crippen LogP contribution >= 0.6 is 0 Å². The molecule has 1 heterocycles. The molecule has 1 aliphatic heterocycles. The summed E-state index contributed by atoms with van der Waals surface area (Å²) < 4.78 is 0. The van der Waals surface area contributed by atoms with Crippen LogP contribution in [-0.4, -0.2) is 35.6 Å². The van der Waals surface area contributed by atoms with Crippen molar-refractivity contribution < 1.29 is 14.4 Å². The molecule has 0 spiro atoms. The number of nitrogens with two attached hydrogens (primary N) is 1. The molecule has 0 aromatic rings. The lowest BCUT2D eigenvalue weighted by Crippen LogP contribution is -2.37. The van der Waals surface area contributed by atoms with Crippen LogP contribution in [0.25, 0.3) is 0 Å². The van der Waals surface area contributed by atoms with Gasteiger partial charge in [0.1, 0.15) is 0 Å². The van der Waals surface area contributed by atoms with E-state index in [4.69, 9.17) is 5.73 Å². The predicted molar refractivity (Wildman–Crippen MR) is 39.9 cm³/mol. The average molecular weight is 168 g/mol. The average Bonchev–Trinajstić information content (AvgIpc) is 2.35. The second-order valence-electron chi connectivity index (χ2n) is 2.34. The molecule has 0 aromatic carbocycles. The molecule has 0 aliphatic carbocycles. The summed E-state index contributed by atoms with van der Waals surface area (Å²) in [4.78, 5) is 33.3. The van der Waals surface area contributed by atoms with Crippen LogP contribution in [-0.2, 0) is 14.4 Å². The number of amides is 2. The van der Waals surface area contributed by atoms with Crippen molar-refractivity contribution in [3.05, 3.63) is 12.2 Å². The number of rotatable bonds is 3. The maximum absolute atomic E-state index is 10.9. The number of nitrogens with zero attached hydrogens (tertiary/aromatic N) is 1. The van der Waals surface area contributed by atoms with Crippen molar-refractivity contribution in [1.82, 2.24) is 4.90 Å². The molecule has 2 N–H and O–H groups in total. The molecule has 5 heteroatoms. The first kappa shape index (κ1) is 8.61. The van der Waals surface area contributed by atoms with E-state index in [0.29, 0.717) is 0 Å². The lowest BCUT2D eigenvalue weighted by molar-refractivity contribution is -0.140. The Morgan fingerprint density at radius 1 is 1.33 bits per heavy atom. The molecule has 0 saturated carbocycles. The smallest absolute Gasteiger partial charge is 0.254 e. The minimum absolute atomic E-state index is 0.156. The van der Waals surface area contributed by atoms with Crippen molar-refractivity contribution in [2.45, 2.75) is 0 Å². The topological polar surface area (TPSA) is 80.5 Å². The first-order valence-corrected chi connectivity index (χ1v) is 3.40. The van der Waals surface area contributed by atoms with Crippen LogP contribution in [0.1, 0.15) is 0 Å². The van der Waals surface area contributed by atoms with Gasteiger partial charge in [-0.3, -0.25) is 19.3 Å². The Balaban J connectivity index is 2.59. The van der Waals surface area contributed by atoms with Crippen molar-refractivity contribution >= 4 is 17.6 Å². The Kier molecular flexibility index (Phi) is 2.35. The van der Waals surface area contributed by atoms with Gasteiger partial charge in [0.25, 0.3) is 11.8 Å². The van der Waals surface area contributed by atoms with Gasteiger partial charge in [-0.05, 0) is 0 Å². The van der Waals surface area contributed by atoms with Crippen molar-refractivity contribution in [3.8, 4) is 0 Å². The Labute approximate surface area is 68.8 Å². The highest BCUT2D eigenvalue weighted by Gasteiger charge is 2.24. The number of Topliss-reactive ketones (excluding diaryl/α,β-unsaturated/α-hetero) is 1. The van der Waals surface area contributed by atoms with Crippen molar-refractivity contribution in [1.29, 1.82) is 0 Å². The van der Waals surface area contributed by atoms with Crippen molar-refractivity contribution in [3.63, 3.8) is 0 Å². The number of imide groups is 1. The molecule has 1 rings (SSSR count). The van der Waals surface area contributed by atoms with Gasteiger partial charge in [-0.2, -0.15) is 0 Å². The van der Waals surface area contributed by atoms with E-state index in [-0.39, 0.29) is 18.9 Å². The van der Waals surface area contributed by atoms with Gasteiger partial charge in [0, 0.05) is 12.2 Å². The molecular weight excluding hydrogens is 160 g/mol. The minimum Gasteiger partial charge on any atom is -0.324 e. The lowest BCUT2D eigenvalue weighted by Gasteiger charge is -2.10. The SMILES string of the molecule is NCC(=O)CN1C(=O)C=CC1=O. The molecule has 0 aromatic heterocycles. The van der Waals surface area contributed by atoms with Crippen LogP contribution < -0.4 is 5.73 Å². The van der Waals surface area contributed by atoms with E-state index in [9.17, 15) is 14.4 Å². The van der Waals surface area contributed by atoms with Gasteiger partial charge in [-0.25, -0.2) is 0 Å². The highest BCUT2D eigenvalue weighted by molar-refractivity contribution is 6.14. The summed E-state index contributed by atoms with van der Waals surface area (Å²) in [6.45, 7) is -0.377. The van der Waals surface area contributed by atoms with E-state index in [1.165, 1.54) is 0 Å². The Bertz CT molecular complexity index is 252. The highest BCUT2D eigenvalue weighted by atomic mass is 16.2. The molecule has 12 heavy (non-hydrogen) atoms. The fourth-order valence-electron chi connectivity index (χ4n) is 0.828. The third-order valence-corrected chi connectivity index (χ3v) is 1.46. The Hall–Kier alpha value is -1.49. The summed E-state index contributed by atoms with van der Waals surface area (Å²) in [5, 5.41) is 0. The summed E-state index contributed by atoms with van der Waals surface area (Å²) in [6.07, 6.45) is 2.26. The highest BCUT2D eigenvalue weighted by Crippen LogP contribution is 2.02. The maximum Gasteiger partial charge on any atom is 0.254 e. The fourth-order valence-corrected chi connectivity index (χ4v) is 0.828. The molecule has 2 amide bonds. The summed E-state index contributed by atoms with van der Waals surface area (Å²) in [7, 11) is 0.